The number of benzene rings is 3. The van der Waals surface area contributed by atoms with E-state index in [2.05, 4.69) is 93.3 Å². The Morgan fingerprint density at radius 3 is 2.21 bits per heavy atom. The van der Waals surface area contributed by atoms with Crippen molar-refractivity contribution >= 4 is 21.7 Å². The summed E-state index contributed by atoms with van der Waals surface area (Å²) in [6, 6.07) is 23.3. The lowest BCUT2D eigenvalue weighted by molar-refractivity contribution is 0.155. The smallest absolute Gasteiger partial charge is 0.127 e. The van der Waals surface area contributed by atoms with Gasteiger partial charge in [0.25, 0.3) is 0 Å². The Bertz CT molecular complexity index is 1140. The lowest BCUT2D eigenvalue weighted by Crippen LogP contribution is -2.23. The molecule has 0 fully saturated rings. The quantitative estimate of drug-likeness (QED) is 0.344. The predicted octanol–water partition coefficient (Wildman–Crippen LogP) is 7.51. The van der Waals surface area contributed by atoms with Crippen LogP contribution in [0.4, 0.5) is 0 Å². The first kappa shape index (κ1) is 19.4. The zero-order valence-corrected chi connectivity index (χ0v) is 17.8. The van der Waals surface area contributed by atoms with Crippen LogP contribution in [0, 0.1) is 11.3 Å². The number of hydrogen-bond acceptors (Lipinski definition) is 2. The van der Waals surface area contributed by atoms with Gasteiger partial charge in [0.15, 0.2) is 0 Å². The van der Waals surface area contributed by atoms with Crippen LogP contribution in [-0.2, 0) is 0 Å². The number of rotatable bonds is 6. The molecule has 4 rings (SSSR count). The fourth-order valence-corrected chi connectivity index (χ4v) is 4.40. The highest BCUT2D eigenvalue weighted by atomic mass is 16.5. The van der Waals surface area contributed by atoms with Crippen molar-refractivity contribution in [2.75, 3.05) is 6.61 Å². The molecule has 3 aromatic carbocycles. The predicted molar refractivity (Wildman–Crippen MR) is 123 cm³/mol. The summed E-state index contributed by atoms with van der Waals surface area (Å²) in [7, 11) is 0. The van der Waals surface area contributed by atoms with E-state index in [1.54, 1.807) is 0 Å². The van der Waals surface area contributed by atoms with E-state index in [1.807, 2.05) is 12.3 Å². The first-order valence-electron chi connectivity index (χ1n) is 10.4. The van der Waals surface area contributed by atoms with Gasteiger partial charge in [-0.3, -0.25) is 4.98 Å². The van der Waals surface area contributed by atoms with Gasteiger partial charge >= 0.3 is 0 Å². The molecule has 0 amide bonds. The molecule has 4 aromatic rings. The first-order chi connectivity index (χ1) is 13.9. The minimum atomic E-state index is 0.148. The summed E-state index contributed by atoms with van der Waals surface area (Å²) in [4.78, 5) is 4.52. The van der Waals surface area contributed by atoms with Gasteiger partial charge in [0.2, 0.25) is 0 Å². The molecule has 0 unspecified atom stereocenters. The van der Waals surface area contributed by atoms with Gasteiger partial charge in [-0.15, -0.1) is 0 Å². The molecular weight excluding hydrogens is 354 g/mol. The number of ether oxygens (including phenoxy) is 1. The highest BCUT2D eigenvalue weighted by Gasteiger charge is 2.21. The summed E-state index contributed by atoms with van der Waals surface area (Å²) >= 11 is 0. The molecule has 1 aromatic heterocycles. The average Bonchev–Trinajstić information content (AvgIpc) is 2.71. The third kappa shape index (κ3) is 4.12. The van der Waals surface area contributed by atoms with Gasteiger partial charge in [-0.2, -0.15) is 0 Å². The van der Waals surface area contributed by atoms with Crippen molar-refractivity contribution in [2.45, 2.75) is 34.1 Å². The SMILES string of the molecule is CC(C)CC(C)(C)COc1ccc(-c2ccnc3ccccc23)c2ccccc12. The maximum atomic E-state index is 6.35. The summed E-state index contributed by atoms with van der Waals surface area (Å²) in [5.41, 5.74) is 3.59. The van der Waals surface area contributed by atoms with Crippen molar-refractivity contribution in [3.63, 3.8) is 0 Å². The Hall–Kier alpha value is -2.87. The van der Waals surface area contributed by atoms with Crippen LogP contribution >= 0.6 is 0 Å². The molecule has 0 radical (unpaired) electrons. The van der Waals surface area contributed by atoms with Crippen LogP contribution < -0.4 is 4.74 Å². The van der Waals surface area contributed by atoms with Gasteiger partial charge in [-0.05, 0) is 52.5 Å². The van der Waals surface area contributed by atoms with Crippen molar-refractivity contribution in [3.8, 4) is 16.9 Å². The van der Waals surface area contributed by atoms with Crippen LogP contribution in [0.2, 0.25) is 0 Å². The lowest BCUT2D eigenvalue weighted by Gasteiger charge is -2.27. The largest absolute Gasteiger partial charge is 0.492 e. The van der Waals surface area contributed by atoms with Crippen LogP contribution in [0.1, 0.15) is 34.1 Å². The second kappa shape index (κ2) is 7.87. The summed E-state index contributed by atoms with van der Waals surface area (Å²) < 4.78 is 6.35. The van der Waals surface area contributed by atoms with E-state index in [0.29, 0.717) is 12.5 Å². The van der Waals surface area contributed by atoms with Gasteiger partial charge in [-0.25, -0.2) is 0 Å². The van der Waals surface area contributed by atoms with E-state index < -0.39 is 0 Å². The Morgan fingerprint density at radius 2 is 1.45 bits per heavy atom. The lowest BCUT2D eigenvalue weighted by atomic mass is 9.85. The first-order valence-corrected chi connectivity index (χ1v) is 10.4. The van der Waals surface area contributed by atoms with Gasteiger partial charge in [0, 0.05) is 17.0 Å². The van der Waals surface area contributed by atoms with Crippen LogP contribution in [0.15, 0.2) is 72.9 Å². The van der Waals surface area contributed by atoms with E-state index in [-0.39, 0.29) is 5.41 Å². The molecule has 148 valence electrons. The Morgan fingerprint density at radius 1 is 0.793 bits per heavy atom. The zero-order valence-electron chi connectivity index (χ0n) is 17.8. The van der Waals surface area contributed by atoms with Crippen molar-refractivity contribution in [3.05, 3.63) is 72.9 Å². The molecule has 0 aliphatic heterocycles. The molecule has 0 aliphatic carbocycles. The van der Waals surface area contributed by atoms with Gasteiger partial charge in [0.05, 0.1) is 12.1 Å². The second-order valence-corrected chi connectivity index (χ2v) is 9.08. The highest BCUT2D eigenvalue weighted by molar-refractivity contribution is 6.06. The number of fused-ring (bicyclic) bond motifs is 2. The molecule has 0 saturated carbocycles. The van der Waals surface area contributed by atoms with Crippen molar-refractivity contribution in [2.24, 2.45) is 11.3 Å². The van der Waals surface area contributed by atoms with Crippen molar-refractivity contribution in [1.82, 2.24) is 4.98 Å². The minimum absolute atomic E-state index is 0.148. The molecule has 0 saturated heterocycles. The van der Waals surface area contributed by atoms with Gasteiger partial charge in [0.1, 0.15) is 5.75 Å². The van der Waals surface area contributed by atoms with E-state index in [1.165, 1.54) is 21.9 Å². The Balaban J connectivity index is 1.76. The molecule has 1 heterocycles. The van der Waals surface area contributed by atoms with Crippen LogP contribution in [0.25, 0.3) is 32.8 Å². The van der Waals surface area contributed by atoms with E-state index in [4.69, 9.17) is 4.74 Å². The van der Waals surface area contributed by atoms with Gasteiger partial charge < -0.3 is 4.74 Å². The normalized spacial score (nSPS) is 12.0. The molecule has 0 atom stereocenters. The van der Waals surface area contributed by atoms with E-state index in [0.717, 1.165) is 23.1 Å². The molecular formula is C27H29NO. The number of aromatic nitrogens is 1. The van der Waals surface area contributed by atoms with Crippen LogP contribution in [0.3, 0.4) is 0 Å². The molecule has 2 nitrogen and oxygen atoms in total. The van der Waals surface area contributed by atoms with Crippen molar-refractivity contribution in [1.29, 1.82) is 0 Å². The summed E-state index contributed by atoms with van der Waals surface area (Å²) in [6.07, 6.45) is 3.04. The standard InChI is InChI=1S/C27H29NO/c1-19(2)17-27(3,4)18-29-26-14-13-21(20-9-5-6-11-24(20)26)22-15-16-28-25-12-8-7-10-23(22)25/h5-16,19H,17-18H2,1-4H3. The number of para-hydroxylation sites is 1. The van der Waals surface area contributed by atoms with Gasteiger partial charge in [-0.1, -0.05) is 76.2 Å². The topological polar surface area (TPSA) is 22.1 Å². The fourth-order valence-electron chi connectivity index (χ4n) is 4.40. The molecule has 0 aliphatic rings. The molecule has 2 heteroatoms. The summed E-state index contributed by atoms with van der Waals surface area (Å²) in [5, 5.41) is 3.54. The maximum Gasteiger partial charge on any atom is 0.127 e. The second-order valence-electron chi connectivity index (χ2n) is 9.08. The fraction of sp³-hybridized carbons (Fsp3) is 0.296. The summed E-state index contributed by atoms with van der Waals surface area (Å²) in [6.45, 7) is 9.82. The van der Waals surface area contributed by atoms with Crippen molar-refractivity contribution < 1.29 is 4.74 Å². The van der Waals surface area contributed by atoms with E-state index >= 15 is 0 Å². The minimum Gasteiger partial charge on any atom is -0.492 e. The number of pyridine rings is 1. The molecule has 0 N–H and O–H groups in total. The Kier molecular flexibility index (Phi) is 5.27. The molecule has 0 spiro atoms. The third-order valence-corrected chi connectivity index (χ3v) is 5.40. The number of nitrogens with zero attached hydrogens (tertiary/aromatic N) is 1. The Labute approximate surface area is 173 Å². The van der Waals surface area contributed by atoms with E-state index in [9.17, 15) is 0 Å². The molecule has 0 bridgehead atoms. The number of hydrogen-bond donors (Lipinski definition) is 0. The third-order valence-electron chi connectivity index (χ3n) is 5.40. The maximum absolute atomic E-state index is 6.35. The zero-order chi connectivity index (χ0) is 20.4. The summed E-state index contributed by atoms with van der Waals surface area (Å²) in [5.74, 6) is 1.62. The van der Waals surface area contributed by atoms with Crippen LogP contribution in [-0.4, -0.2) is 11.6 Å². The average molecular weight is 384 g/mol. The molecule has 29 heavy (non-hydrogen) atoms. The van der Waals surface area contributed by atoms with Crippen LogP contribution in [0.5, 0.6) is 5.75 Å². The monoisotopic (exact) mass is 383 g/mol. The highest BCUT2D eigenvalue weighted by Crippen LogP contribution is 2.38.